The van der Waals surface area contributed by atoms with Crippen molar-refractivity contribution in [2.45, 2.75) is 20.3 Å². The molecule has 0 aliphatic carbocycles. The second-order valence-corrected chi connectivity index (χ2v) is 6.97. The standard InChI is InChI=1S/C24H25N3O2/c1-17-13-21(14-22(16-25)24(28)26-11-6-12-29-3)18(2)27(17)23-10-9-19-7-4-5-8-20(19)15-23/h4-5,7-10,13-15H,6,11-12H2,1-3H3,(H,26,28)/b22-14+. The van der Waals surface area contributed by atoms with Gasteiger partial charge in [0.25, 0.3) is 5.91 Å². The number of nitrogens with zero attached hydrogens (tertiary/aromatic N) is 2. The highest BCUT2D eigenvalue weighted by atomic mass is 16.5. The van der Waals surface area contributed by atoms with Crippen molar-refractivity contribution in [1.82, 2.24) is 9.88 Å². The Morgan fingerprint density at radius 2 is 1.93 bits per heavy atom. The predicted molar refractivity (Wildman–Crippen MR) is 116 cm³/mol. The van der Waals surface area contributed by atoms with Crippen LogP contribution in [0.1, 0.15) is 23.4 Å². The summed E-state index contributed by atoms with van der Waals surface area (Å²) in [6.07, 6.45) is 2.36. The number of methoxy groups -OCH3 is 1. The van der Waals surface area contributed by atoms with Gasteiger partial charge in [0.05, 0.1) is 0 Å². The number of nitrogens with one attached hydrogen (secondary N) is 1. The zero-order valence-corrected chi connectivity index (χ0v) is 17.0. The van der Waals surface area contributed by atoms with E-state index in [1.54, 1.807) is 13.2 Å². The molecule has 1 N–H and O–H groups in total. The third-order valence-electron chi connectivity index (χ3n) is 4.94. The Balaban J connectivity index is 1.90. The topological polar surface area (TPSA) is 67.0 Å². The van der Waals surface area contributed by atoms with Gasteiger partial charge in [-0.3, -0.25) is 4.79 Å². The number of hydrogen-bond donors (Lipinski definition) is 1. The summed E-state index contributed by atoms with van der Waals surface area (Å²) in [7, 11) is 1.62. The number of ether oxygens (including phenoxy) is 1. The number of aryl methyl sites for hydroxylation is 1. The lowest BCUT2D eigenvalue weighted by Crippen LogP contribution is -2.26. The van der Waals surface area contributed by atoms with Crippen molar-refractivity contribution in [1.29, 1.82) is 5.26 Å². The molecule has 0 aliphatic heterocycles. The molecule has 0 radical (unpaired) electrons. The van der Waals surface area contributed by atoms with E-state index in [1.807, 2.05) is 38.1 Å². The second kappa shape index (κ2) is 9.22. The lowest BCUT2D eigenvalue weighted by molar-refractivity contribution is -0.117. The SMILES string of the molecule is COCCCNC(=O)/C(C#N)=C/c1cc(C)n(-c2ccc3ccccc3c2)c1C. The Kier molecular flexibility index (Phi) is 6.48. The molecular weight excluding hydrogens is 362 g/mol. The number of carbonyl (C=O) groups excluding carboxylic acids is 1. The van der Waals surface area contributed by atoms with Crippen LogP contribution in [0.2, 0.25) is 0 Å². The van der Waals surface area contributed by atoms with Crippen molar-refractivity contribution in [3.63, 3.8) is 0 Å². The molecule has 1 heterocycles. The molecule has 148 valence electrons. The van der Waals surface area contributed by atoms with E-state index >= 15 is 0 Å². The van der Waals surface area contributed by atoms with E-state index < -0.39 is 0 Å². The minimum absolute atomic E-state index is 0.0983. The molecule has 2 aromatic carbocycles. The molecule has 0 unspecified atom stereocenters. The zero-order valence-electron chi connectivity index (χ0n) is 17.0. The van der Waals surface area contributed by atoms with E-state index in [-0.39, 0.29) is 11.5 Å². The highest BCUT2D eigenvalue weighted by Gasteiger charge is 2.13. The summed E-state index contributed by atoms with van der Waals surface area (Å²) in [4.78, 5) is 12.3. The monoisotopic (exact) mass is 387 g/mol. The first-order valence-electron chi connectivity index (χ1n) is 9.62. The van der Waals surface area contributed by atoms with Gasteiger partial charge in [-0.25, -0.2) is 0 Å². The minimum atomic E-state index is -0.362. The fraction of sp³-hybridized carbons (Fsp3) is 0.250. The zero-order chi connectivity index (χ0) is 20.8. The second-order valence-electron chi connectivity index (χ2n) is 6.97. The van der Waals surface area contributed by atoms with Gasteiger partial charge in [0.2, 0.25) is 0 Å². The van der Waals surface area contributed by atoms with Gasteiger partial charge >= 0.3 is 0 Å². The average molecular weight is 387 g/mol. The Hall–Kier alpha value is -3.36. The van der Waals surface area contributed by atoms with Gasteiger partial charge < -0.3 is 14.6 Å². The quantitative estimate of drug-likeness (QED) is 0.373. The lowest BCUT2D eigenvalue weighted by Gasteiger charge is -2.11. The van der Waals surface area contributed by atoms with Gasteiger partial charge in [-0.2, -0.15) is 5.26 Å². The Labute approximate surface area is 171 Å². The summed E-state index contributed by atoms with van der Waals surface area (Å²) in [6, 6.07) is 18.6. The summed E-state index contributed by atoms with van der Waals surface area (Å²) in [5, 5.41) is 14.6. The molecule has 0 aliphatic rings. The number of carbonyl (C=O) groups is 1. The number of benzene rings is 2. The molecule has 1 aromatic heterocycles. The van der Waals surface area contributed by atoms with Crippen LogP contribution >= 0.6 is 0 Å². The lowest BCUT2D eigenvalue weighted by atomic mass is 10.1. The van der Waals surface area contributed by atoms with Crippen LogP contribution < -0.4 is 5.32 Å². The van der Waals surface area contributed by atoms with E-state index in [1.165, 1.54) is 10.8 Å². The average Bonchev–Trinajstić information content (AvgIpc) is 3.01. The fourth-order valence-corrected chi connectivity index (χ4v) is 3.46. The van der Waals surface area contributed by atoms with Gasteiger partial charge in [0.1, 0.15) is 11.6 Å². The third-order valence-corrected chi connectivity index (χ3v) is 4.94. The molecule has 0 bridgehead atoms. The van der Waals surface area contributed by atoms with E-state index in [0.29, 0.717) is 19.6 Å². The number of amides is 1. The van der Waals surface area contributed by atoms with Crippen molar-refractivity contribution < 1.29 is 9.53 Å². The van der Waals surface area contributed by atoms with Crippen molar-refractivity contribution in [2.24, 2.45) is 0 Å². The van der Waals surface area contributed by atoms with Gasteiger partial charge in [-0.15, -0.1) is 0 Å². The maximum absolute atomic E-state index is 12.3. The van der Waals surface area contributed by atoms with Gasteiger partial charge in [-0.1, -0.05) is 30.3 Å². The molecule has 0 spiro atoms. The molecule has 1 amide bonds. The van der Waals surface area contributed by atoms with Crippen LogP contribution in [0.5, 0.6) is 0 Å². The molecule has 0 saturated carbocycles. The highest BCUT2D eigenvalue weighted by Crippen LogP contribution is 2.25. The summed E-state index contributed by atoms with van der Waals surface area (Å²) in [5.41, 5.74) is 4.04. The van der Waals surface area contributed by atoms with Crippen molar-refractivity contribution in [3.8, 4) is 11.8 Å². The summed E-state index contributed by atoms with van der Waals surface area (Å²) in [6.45, 7) is 5.07. The molecule has 0 saturated heterocycles. The number of rotatable bonds is 7. The summed E-state index contributed by atoms with van der Waals surface area (Å²) >= 11 is 0. The minimum Gasteiger partial charge on any atom is -0.385 e. The summed E-state index contributed by atoms with van der Waals surface area (Å²) in [5.74, 6) is -0.362. The smallest absolute Gasteiger partial charge is 0.261 e. The summed E-state index contributed by atoms with van der Waals surface area (Å²) < 4.78 is 7.12. The first kappa shape index (κ1) is 20.4. The molecule has 0 atom stereocenters. The van der Waals surface area contributed by atoms with Gasteiger partial charge in [-0.05, 0) is 60.9 Å². The highest BCUT2D eigenvalue weighted by molar-refractivity contribution is 6.01. The van der Waals surface area contributed by atoms with Gasteiger partial charge in [0, 0.05) is 37.3 Å². The van der Waals surface area contributed by atoms with Crippen LogP contribution in [0.15, 0.2) is 54.1 Å². The molecule has 5 heteroatoms. The van der Waals surface area contributed by atoms with Crippen LogP contribution in [0.3, 0.4) is 0 Å². The number of aromatic nitrogens is 1. The van der Waals surface area contributed by atoms with Crippen molar-refractivity contribution in [3.05, 3.63) is 71.1 Å². The number of fused-ring (bicyclic) bond motifs is 1. The predicted octanol–water partition coefficient (Wildman–Crippen LogP) is 4.31. The van der Waals surface area contributed by atoms with E-state index in [2.05, 4.69) is 40.2 Å². The molecule has 5 nitrogen and oxygen atoms in total. The Bertz CT molecular complexity index is 1100. The largest absolute Gasteiger partial charge is 0.385 e. The van der Waals surface area contributed by atoms with Crippen molar-refractivity contribution in [2.75, 3.05) is 20.3 Å². The molecular formula is C24H25N3O2. The first-order chi connectivity index (χ1) is 14.0. The fourth-order valence-electron chi connectivity index (χ4n) is 3.46. The van der Waals surface area contributed by atoms with Crippen LogP contribution in [0.4, 0.5) is 0 Å². The molecule has 3 aromatic rings. The third kappa shape index (κ3) is 4.56. The maximum Gasteiger partial charge on any atom is 0.261 e. The Morgan fingerprint density at radius 3 is 2.66 bits per heavy atom. The van der Waals surface area contributed by atoms with Crippen molar-refractivity contribution >= 4 is 22.8 Å². The van der Waals surface area contributed by atoms with Crippen LogP contribution in [-0.4, -0.2) is 30.7 Å². The van der Waals surface area contributed by atoms with E-state index in [0.717, 1.165) is 22.6 Å². The van der Waals surface area contributed by atoms with Crippen LogP contribution in [0, 0.1) is 25.2 Å². The van der Waals surface area contributed by atoms with E-state index in [9.17, 15) is 10.1 Å². The van der Waals surface area contributed by atoms with Crippen LogP contribution in [-0.2, 0) is 9.53 Å². The Morgan fingerprint density at radius 1 is 1.17 bits per heavy atom. The van der Waals surface area contributed by atoms with Gasteiger partial charge in [0.15, 0.2) is 0 Å². The normalized spacial score (nSPS) is 11.4. The first-order valence-corrected chi connectivity index (χ1v) is 9.62. The van der Waals surface area contributed by atoms with Crippen LogP contribution in [0.25, 0.3) is 22.5 Å². The molecule has 0 fully saturated rings. The number of nitriles is 1. The molecule has 29 heavy (non-hydrogen) atoms. The van der Waals surface area contributed by atoms with E-state index in [4.69, 9.17) is 4.74 Å². The molecule has 3 rings (SSSR count). The number of hydrogen-bond acceptors (Lipinski definition) is 3. The maximum atomic E-state index is 12.3.